The van der Waals surface area contributed by atoms with Crippen molar-refractivity contribution >= 4 is 6.09 Å². The third-order valence-corrected chi connectivity index (χ3v) is 17.0. The van der Waals surface area contributed by atoms with Crippen LogP contribution >= 0.6 is 0 Å². The minimum Gasteiger partial charge on any atom is -0.446 e. The summed E-state index contributed by atoms with van der Waals surface area (Å²) in [5.74, 6) is 5.79. The van der Waals surface area contributed by atoms with E-state index in [4.69, 9.17) is 4.74 Å². The summed E-state index contributed by atoms with van der Waals surface area (Å²) in [7, 11) is 0. The molecule has 0 bridgehead atoms. The molecule has 6 heteroatoms. The van der Waals surface area contributed by atoms with E-state index >= 15 is 0 Å². The number of hydrogen-bond donors (Lipinski definition) is 3. The fraction of sp³-hybridized carbons (Fsp3) is 0.942. The number of alkyl carbamates (subject to hydrolysis) is 1. The lowest BCUT2D eigenvalue weighted by Crippen LogP contribution is -2.51. The summed E-state index contributed by atoms with van der Waals surface area (Å²) in [5, 5.41) is 25.0. The molecule has 3 saturated carbocycles. The fourth-order valence-electron chi connectivity index (χ4n) is 13.3. The van der Waals surface area contributed by atoms with Crippen molar-refractivity contribution in [1.82, 2.24) is 10.2 Å². The van der Waals surface area contributed by atoms with Crippen molar-refractivity contribution in [2.75, 3.05) is 26.2 Å². The van der Waals surface area contributed by atoms with Crippen molar-refractivity contribution in [2.45, 2.75) is 234 Å². The highest BCUT2D eigenvalue weighted by Gasteiger charge is 2.59. The maximum absolute atomic E-state index is 13.2. The summed E-state index contributed by atoms with van der Waals surface area (Å²) < 4.78 is 6.13. The topological polar surface area (TPSA) is 82.0 Å². The Balaban J connectivity index is 1.25. The van der Waals surface area contributed by atoms with Gasteiger partial charge in [-0.3, -0.25) is 4.90 Å². The largest absolute Gasteiger partial charge is 0.446 e. The first-order valence-corrected chi connectivity index (χ1v) is 25.6. The number of aliphatic hydroxyl groups is 2. The molecule has 4 rings (SSSR count). The predicted molar refractivity (Wildman–Crippen MR) is 245 cm³/mol. The maximum Gasteiger partial charge on any atom is 0.407 e. The Bertz CT molecular complexity index is 1170. The van der Waals surface area contributed by atoms with Crippen molar-refractivity contribution in [3.63, 3.8) is 0 Å². The molecule has 0 radical (unpaired) electrons. The van der Waals surface area contributed by atoms with Gasteiger partial charge in [0.15, 0.2) is 0 Å². The summed E-state index contributed by atoms with van der Waals surface area (Å²) in [5.41, 5.74) is 2.30. The van der Waals surface area contributed by atoms with E-state index in [1.165, 1.54) is 116 Å². The van der Waals surface area contributed by atoms with Gasteiger partial charge in [-0.05, 0) is 116 Å². The summed E-state index contributed by atoms with van der Waals surface area (Å²) in [6, 6.07) is 0. The highest BCUT2D eigenvalue weighted by molar-refractivity contribution is 5.67. The van der Waals surface area contributed by atoms with E-state index in [2.05, 4.69) is 71.7 Å². The van der Waals surface area contributed by atoms with Crippen LogP contribution in [0.3, 0.4) is 0 Å². The fourth-order valence-corrected chi connectivity index (χ4v) is 13.3. The number of nitrogens with zero attached hydrogens (tertiary/aromatic N) is 1. The van der Waals surface area contributed by atoms with Crippen LogP contribution in [0.4, 0.5) is 4.79 Å². The molecule has 2 unspecified atom stereocenters. The Kier molecular flexibility index (Phi) is 21.4. The highest BCUT2D eigenvalue weighted by atomic mass is 16.6. The molecule has 0 saturated heterocycles. The molecule has 11 atom stereocenters. The van der Waals surface area contributed by atoms with Gasteiger partial charge in [-0.15, -0.1) is 0 Å². The Labute approximate surface area is 359 Å². The second-order valence-electron chi connectivity index (χ2n) is 21.3. The quantitative estimate of drug-likeness (QED) is 0.0541. The van der Waals surface area contributed by atoms with Gasteiger partial charge in [-0.25, -0.2) is 4.79 Å². The average Bonchev–Trinajstić information content (AvgIpc) is 3.55. The Hall–Kier alpha value is -1.11. The van der Waals surface area contributed by atoms with E-state index in [1.54, 1.807) is 5.57 Å². The molecule has 4 aliphatic rings. The minimum absolute atomic E-state index is 0.0615. The molecule has 3 fully saturated rings. The number of carbonyl (C=O) groups excluding carboxylic acids is 1. The van der Waals surface area contributed by atoms with Crippen molar-refractivity contribution in [3.8, 4) is 0 Å². The van der Waals surface area contributed by atoms with E-state index in [0.29, 0.717) is 31.6 Å². The molecule has 6 nitrogen and oxygen atoms in total. The molecule has 0 spiro atoms. The molecule has 58 heavy (non-hydrogen) atoms. The second kappa shape index (κ2) is 25.1. The molecule has 338 valence electrons. The van der Waals surface area contributed by atoms with Crippen LogP contribution in [0.2, 0.25) is 0 Å². The van der Waals surface area contributed by atoms with Crippen LogP contribution in [0.15, 0.2) is 11.6 Å². The molecule has 4 aliphatic carbocycles. The zero-order valence-electron chi connectivity index (χ0n) is 39.5. The first kappa shape index (κ1) is 49.5. The monoisotopic (exact) mass is 813 g/mol. The summed E-state index contributed by atoms with van der Waals surface area (Å²) >= 11 is 0. The van der Waals surface area contributed by atoms with Crippen LogP contribution < -0.4 is 5.32 Å². The lowest BCUT2D eigenvalue weighted by Gasteiger charge is -2.58. The molecule has 0 aromatic heterocycles. The zero-order valence-corrected chi connectivity index (χ0v) is 39.5. The number of allylic oxidation sites excluding steroid dienone is 1. The van der Waals surface area contributed by atoms with E-state index in [9.17, 15) is 15.0 Å². The van der Waals surface area contributed by atoms with Crippen LogP contribution in [0.5, 0.6) is 0 Å². The van der Waals surface area contributed by atoms with Gasteiger partial charge in [-0.2, -0.15) is 0 Å². The molecule has 0 heterocycles. The van der Waals surface area contributed by atoms with Crippen molar-refractivity contribution in [1.29, 1.82) is 0 Å². The number of amides is 1. The smallest absolute Gasteiger partial charge is 0.407 e. The molecule has 0 aromatic carbocycles. The second-order valence-corrected chi connectivity index (χ2v) is 21.3. The van der Waals surface area contributed by atoms with Gasteiger partial charge in [0.05, 0.1) is 12.2 Å². The summed E-state index contributed by atoms with van der Waals surface area (Å²) in [4.78, 5) is 15.4. The number of unbranched alkanes of at least 4 members (excludes halogenated alkanes) is 10. The summed E-state index contributed by atoms with van der Waals surface area (Å²) in [6.45, 7) is 21.7. The summed E-state index contributed by atoms with van der Waals surface area (Å²) in [6.07, 6.45) is 31.4. The molecular weight excluding hydrogens is 717 g/mol. The lowest BCUT2D eigenvalue weighted by molar-refractivity contribution is -0.0583. The number of carbonyl (C=O) groups is 1. The van der Waals surface area contributed by atoms with E-state index in [0.717, 1.165) is 86.4 Å². The van der Waals surface area contributed by atoms with Crippen LogP contribution in [-0.2, 0) is 4.74 Å². The predicted octanol–water partition coefficient (Wildman–Crippen LogP) is 13.3. The van der Waals surface area contributed by atoms with E-state index in [-0.39, 0.29) is 17.6 Å². The normalized spacial score (nSPS) is 30.3. The van der Waals surface area contributed by atoms with Crippen molar-refractivity contribution in [2.24, 2.45) is 52.3 Å². The van der Waals surface area contributed by atoms with Crippen LogP contribution in [-0.4, -0.2) is 65.7 Å². The number of hydrogen-bond acceptors (Lipinski definition) is 5. The third-order valence-electron chi connectivity index (χ3n) is 17.0. The van der Waals surface area contributed by atoms with Gasteiger partial charge < -0.3 is 20.3 Å². The molecule has 0 aliphatic heterocycles. The Morgan fingerprint density at radius 3 is 2.02 bits per heavy atom. The van der Waals surface area contributed by atoms with Crippen LogP contribution in [0, 0.1) is 52.3 Å². The zero-order chi connectivity index (χ0) is 42.1. The van der Waals surface area contributed by atoms with Gasteiger partial charge in [0.2, 0.25) is 0 Å². The maximum atomic E-state index is 13.2. The lowest BCUT2D eigenvalue weighted by atomic mass is 9.47. The van der Waals surface area contributed by atoms with Crippen LogP contribution in [0.25, 0.3) is 0 Å². The number of aliphatic hydroxyl groups excluding tert-OH is 2. The van der Waals surface area contributed by atoms with Crippen molar-refractivity contribution < 1.29 is 19.7 Å². The molecule has 1 amide bonds. The van der Waals surface area contributed by atoms with Gasteiger partial charge in [0.1, 0.15) is 6.10 Å². The third kappa shape index (κ3) is 14.2. The van der Waals surface area contributed by atoms with Gasteiger partial charge in [0, 0.05) is 32.6 Å². The number of ether oxygens (including phenoxy) is 1. The van der Waals surface area contributed by atoms with E-state index < -0.39 is 12.2 Å². The Morgan fingerprint density at radius 2 is 1.41 bits per heavy atom. The number of fused-ring (bicyclic) bond motifs is 5. The Morgan fingerprint density at radius 1 is 0.793 bits per heavy atom. The first-order valence-electron chi connectivity index (χ1n) is 25.6. The average molecular weight is 813 g/mol. The molecule has 3 N–H and O–H groups in total. The molecule has 0 aromatic rings. The van der Waals surface area contributed by atoms with Crippen LogP contribution in [0.1, 0.15) is 216 Å². The van der Waals surface area contributed by atoms with Crippen molar-refractivity contribution in [3.05, 3.63) is 11.6 Å². The number of nitrogens with one attached hydrogen (secondary N) is 1. The van der Waals surface area contributed by atoms with Gasteiger partial charge in [-0.1, -0.05) is 157 Å². The van der Waals surface area contributed by atoms with Gasteiger partial charge in [0.25, 0.3) is 0 Å². The molecular formula is C52H96N2O4. The van der Waals surface area contributed by atoms with E-state index in [1.807, 2.05) is 0 Å². The minimum atomic E-state index is -0.413. The standard InChI is InChI=1S/C52H96N2O4/c1-9-12-14-16-18-20-22-43(55)37-54(38-44(56)23-21-19-17-15-13-10-2)35-34-53-50(57)58-45-30-32-51(7)42(36-45)26-27-46-48-29-28-47(52(48,8)33-31-49(46)51)40(6)24-25-41(11-3)39(4)5/h26,39-41,43-49,55-56H,9-25,27-38H2,1-8H3,(H,53,57)/t40-,41-,43?,44?,45+,46+,47-,48+,49+,51+,52-/m1/s1. The van der Waals surface area contributed by atoms with Gasteiger partial charge >= 0.3 is 6.09 Å². The SMILES string of the molecule is CCCCCCCCC(O)CN(CCNC(=O)O[C@H]1CC[C@@]2(C)C(=CC[C@H]3[C@@H]4CC[C@H]([C@H](C)CC[C@@H](CC)C(C)C)[C@@]4(C)CC[C@@H]32)C1)CC(O)CCCCCCCC. The number of rotatable bonds is 28. The first-order chi connectivity index (χ1) is 27.9. The highest BCUT2D eigenvalue weighted by Crippen LogP contribution is 2.67.